The number of rotatable bonds is 2. The van der Waals surface area contributed by atoms with E-state index in [1.165, 1.54) is 24.9 Å². The number of benzene rings is 1. The predicted octanol–water partition coefficient (Wildman–Crippen LogP) is 2.91. The molecule has 1 aromatic carbocycles. The fourth-order valence-electron chi connectivity index (χ4n) is 2.63. The van der Waals surface area contributed by atoms with Crippen molar-refractivity contribution < 1.29 is 14.3 Å². The summed E-state index contributed by atoms with van der Waals surface area (Å²) in [6, 6.07) is 6.96. The zero-order valence-corrected chi connectivity index (χ0v) is 12.7. The van der Waals surface area contributed by atoms with Gasteiger partial charge in [-0.05, 0) is 25.0 Å². The van der Waals surface area contributed by atoms with Crippen molar-refractivity contribution in [2.45, 2.75) is 25.7 Å². The zero-order chi connectivity index (χ0) is 15.2. The maximum atomic E-state index is 12.6. The van der Waals surface area contributed by atoms with Crippen molar-refractivity contribution in [3.63, 3.8) is 0 Å². The molecule has 1 aliphatic heterocycles. The first-order chi connectivity index (χ1) is 10.1. The van der Waals surface area contributed by atoms with Crippen LogP contribution in [0.25, 0.3) is 0 Å². The van der Waals surface area contributed by atoms with Crippen molar-refractivity contribution >= 4 is 17.7 Å². The van der Waals surface area contributed by atoms with Gasteiger partial charge in [-0.2, -0.15) is 0 Å². The molecule has 0 radical (unpaired) electrons. The number of ether oxygens (including phenoxy) is 1. The number of urea groups is 1. The molecule has 5 nitrogen and oxygen atoms in total. The Labute approximate surface area is 125 Å². The fourth-order valence-corrected chi connectivity index (χ4v) is 2.63. The molecule has 1 aromatic rings. The van der Waals surface area contributed by atoms with E-state index in [4.69, 9.17) is 4.74 Å². The molecule has 1 saturated heterocycles. The van der Waals surface area contributed by atoms with Crippen molar-refractivity contribution in [1.29, 1.82) is 0 Å². The largest absolute Gasteiger partial charge is 0.465 e. The third-order valence-corrected chi connectivity index (χ3v) is 3.83. The number of carbonyl (C=O) groups is 2. The molecule has 0 spiro atoms. The summed E-state index contributed by atoms with van der Waals surface area (Å²) in [5, 5.41) is 0. The number of methoxy groups -OCH3 is 1. The molecule has 1 aliphatic rings. The first-order valence-corrected chi connectivity index (χ1v) is 7.35. The Morgan fingerprint density at radius 3 is 2.33 bits per heavy atom. The third-order valence-electron chi connectivity index (χ3n) is 3.83. The molecule has 0 atom stereocenters. The average molecular weight is 290 g/mol. The molecule has 2 amide bonds. The van der Waals surface area contributed by atoms with Gasteiger partial charge in [0.2, 0.25) is 0 Å². The van der Waals surface area contributed by atoms with E-state index in [0.29, 0.717) is 11.3 Å². The lowest BCUT2D eigenvalue weighted by molar-refractivity contribution is 0.0601. The summed E-state index contributed by atoms with van der Waals surface area (Å²) in [6.45, 7) is 1.56. The van der Waals surface area contributed by atoms with Gasteiger partial charge in [0.1, 0.15) is 0 Å². The Hall–Kier alpha value is -2.04. The molecule has 0 saturated carbocycles. The lowest BCUT2D eigenvalue weighted by Gasteiger charge is -2.28. The summed E-state index contributed by atoms with van der Waals surface area (Å²) >= 11 is 0. The van der Waals surface area contributed by atoms with Gasteiger partial charge < -0.3 is 9.64 Å². The van der Waals surface area contributed by atoms with Crippen LogP contribution in [0.15, 0.2) is 24.3 Å². The Morgan fingerprint density at radius 1 is 1.10 bits per heavy atom. The molecule has 1 fully saturated rings. The monoisotopic (exact) mass is 290 g/mol. The second-order valence-corrected chi connectivity index (χ2v) is 5.25. The maximum Gasteiger partial charge on any atom is 0.339 e. The van der Waals surface area contributed by atoms with Gasteiger partial charge >= 0.3 is 12.0 Å². The number of para-hydroxylation sites is 1. The second-order valence-electron chi connectivity index (χ2n) is 5.25. The standard InChI is InChI=1S/C16H22N2O3/c1-17(16(20)18-11-7-3-4-8-12-18)14-10-6-5-9-13(14)15(19)21-2/h5-6,9-10H,3-4,7-8,11-12H2,1-2H3. The average Bonchev–Trinajstić information content (AvgIpc) is 2.82. The van der Waals surface area contributed by atoms with Gasteiger partial charge in [-0.15, -0.1) is 0 Å². The second kappa shape index (κ2) is 7.11. The molecule has 0 bridgehead atoms. The first kappa shape index (κ1) is 15.4. The van der Waals surface area contributed by atoms with E-state index in [0.717, 1.165) is 25.9 Å². The smallest absolute Gasteiger partial charge is 0.339 e. The van der Waals surface area contributed by atoms with Crippen LogP contribution in [-0.2, 0) is 4.74 Å². The quantitative estimate of drug-likeness (QED) is 0.787. The summed E-state index contributed by atoms with van der Waals surface area (Å²) in [5.41, 5.74) is 0.990. The van der Waals surface area contributed by atoms with E-state index >= 15 is 0 Å². The number of hydrogen-bond donors (Lipinski definition) is 0. The predicted molar refractivity (Wildman–Crippen MR) is 81.6 cm³/mol. The summed E-state index contributed by atoms with van der Waals surface area (Å²) in [6.07, 6.45) is 4.43. The minimum Gasteiger partial charge on any atom is -0.465 e. The summed E-state index contributed by atoms with van der Waals surface area (Å²) in [5.74, 6) is -0.430. The Morgan fingerprint density at radius 2 is 1.71 bits per heavy atom. The van der Waals surface area contributed by atoms with E-state index in [-0.39, 0.29) is 6.03 Å². The van der Waals surface area contributed by atoms with Crippen molar-refractivity contribution in [1.82, 2.24) is 4.90 Å². The van der Waals surface area contributed by atoms with Crippen LogP contribution in [0.5, 0.6) is 0 Å². The Balaban J connectivity index is 2.20. The van der Waals surface area contributed by atoms with Gasteiger partial charge in [-0.25, -0.2) is 9.59 Å². The lowest BCUT2D eigenvalue weighted by atomic mass is 10.1. The van der Waals surface area contributed by atoms with E-state index < -0.39 is 5.97 Å². The number of hydrogen-bond acceptors (Lipinski definition) is 3. The minimum absolute atomic E-state index is 0.0618. The summed E-state index contributed by atoms with van der Waals surface area (Å²) < 4.78 is 4.78. The molecule has 0 N–H and O–H groups in total. The highest BCUT2D eigenvalue weighted by molar-refractivity contribution is 6.01. The molecule has 1 heterocycles. The zero-order valence-electron chi connectivity index (χ0n) is 12.7. The van der Waals surface area contributed by atoms with Crippen LogP contribution in [0.2, 0.25) is 0 Å². The molecular weight excluding hydrogens is 268 g/mol. The summed E-state index contributed by atoms with van der Waals surface area (Å²) in [4.78, 5) is 27.8. The molecule has 0 unspecified atom stereocenters. The van der Waals surface area contributed by atoms with E-state index in [1.54, 1.807) is 25.2 Å². The molecule has 0 aromatic heterocycles. The van der Waals surface area contributed by atoms with Crippen molar-refractivity contribution in [2.24, 2.45) is 0 Å². The number of carbonyl (C=O) groups excluding carboxylic acids is 2. The van der Waals surface area contributed by atoms with Gasteiger partial charge in [0.25, 0.3) is 0 Å². The highest BCUT2D eigenvalue weighted by Gasteiger charge is 2.23. The molecule has 5 heteroatoms. The van der Waals surface area contributed by atoms with E-state index in [2.05, 4.69) is 0 Å². The van der Waals surface area contributed by atoms with Crippen LogP contribution in [0.4, 0.5) is 10.5 Å². The van der Waals surface area contributed by atoms with E-state index in [1.807, 2.05) is 11.0 Å². The fraction of sp³-hybridized carbons (Fsp3) is 0.500. The van der Waals surface area contributed by atoms with Crippen LogP contribution < -0.4 is 4.90 Å². The number of anilines is 1. The SMILES string of the molecule is COC(=O)c1ccccc1N(C)C(=O)N1CCCCCC1. The van der Waals surface area contributed by atoms with Gasteiger partial charge in [0, 0.05) is 20.1 Å². The van der Waals surface area contributed by atoms with Crippen LogP contribution in [-0.4, -0.2) is 44.1 Å². The highest BCUT2D eigenvalue weighted by Crippen LogP contribution is 2.22. The Kier molecular flexibility index (Phi) is 5.20. The van der Waals surface area contributed by atoms with Gasteiger partial charge in [-0.3, -0.25) is 4.90 Å². The van der Waals surface area contributed by atoms with Crippen LogP contribution in [0.1, 0.15) is 36.0 Å². The molecule has 114 valence electrons. The minimum atomic E-state index is -0.430. The van der Waals surface area contributed by atoms with Crippen molar-refractivity contribution in [3.8, 4) is 0 Å². The lowest BCUT2D eigenvalue weighted by Crippen LogP contribution is -2.42. The molecule has 2 rings (SSSR count). The molecule has 21 heavy (non-hydrogen) atoms. The maximum absolute atomic E-state index is 12.6. The van der Waals surface area contributed by atoms with Gasteiger partial charge in [0.05, 0.1) is 18.4 Å². The topological polar surface area (TPSA) is 49.9 Å². The number of amides is 2. The first-order valence-electron chi connectivity index (χ1n) is 7.35. The van der Waals surface area contributed by atoms with Gasteiger partial charge in [-0.1, -0.05) is 25.0 Å². The number of esters is 1. The number of nitrogens with zero attached hydrogens (tertiary/aromatic N) is 2. The summed E-state index contributed by atoms with van der Waals surface area (Å²) in [7, 11) is 3.05. The van der Waals surface area contributed by atoms with Crippen LogP contribution in [0, 0.1) is 0 Å². The van der Waals surface area contributed by atoms with Crippen LogP contribution in [0.3, 0.4) is 0 Å². The third kappa shape index (κ3) is 3.54. The highest BCUT2D eigenvalue weighted by atomic mass is 16.5. The van der Waals surface area contributed by atoms with E-state index in [9.17, 15) is 9.59 Å². The number of likely N-dealkylation sites (tertiary alicyclic amines) is 1. The van der Waals surface area contributed by atoms with Crippen molar-refractivity contribution in [2.75, 3.05) is 32.1 Å². The van der Waals surface area contributed by atoms with Crippen LogP contribution >= 0.6 is 0 Å². The molecular formula is C16H22N2O3. The normalized spacial score (nSPS) is 15.2. The van der Waals surface area contributed by atoms with Gasteiger partial charge in [0.15, 0.2) is 0 Å². The Bertz CT molecular complexity index is 508. The van der Waals surface area contributed by atoms with Crippen molar-refractivity contribution in [3.05, 3.63) is 29.8 Å². The molecule has 0 aliphatic carbocycles.